The monoisotopic (exact) mass is 351 g/mol. The van der Waals surface area contributed by atoms with Crippen molar-refractivity contribution in [2.45, 2.75) is 26.2 Å². The molecule has 1 fully saturated rings. The van der Waals surface area contributed by atoms with E-state index in [0.717, 1.165) is 11.3 Å². The van der Waals surface area contributed by atoms with E-state index in [9.17, 15) is 9.59 Å². The molecule has 3 rings (SSSR count). The Balaban J connectivity index is 1.64. The molecule has 5 heteroatoms. The van der Waals surface area contributed by atoms with E-state index in [1.54, 1.807) is 17.2 Å². The van der Waals surface area contributed by atoms with E-state index in [-0.39, 0.29) is 11.8 Å². The molecule has 1 aromatic carbocycles. The molecule has 1 aliphatic heterocycles. The first-order valence-corrected chi connectivity index (χ1v) is 8.96. The Kier molecular flexibility index (Phi) is 5.07. The number of aryl methyl sites for hydroxylation is 1. The number of hydrogen-bond acceptors (Lipinski definition) is 3. The molecular weight excluding hydrogens is 326 g/mol. The van der Waals surface area contributed by atoms with E-state index in [4.69, 9.17) is 0 Å². The summed E-state index contributed by atoms with van der Waals surface area (Å²) >= 11 is 0. The van der Waals surface area contributed by atoms with Crippen LogP contribution >= 0.6 is 0 Å². The van der Waals surface area contributed by atoms with Crippen LogP contribution in [-0.2, 0) is 10.2 Å². The summed E-state index contributed by atoms with van der Waals surface area (Å²) in [6, 6.07) is 13.5. The van der Waals surface area contributed by atoms with E-state index in [1.165, 1.54) is 0 Å². The molecule has 1 aromatic heterocycles. The number of amides is 2. The van der Waals surface area contributed by atoms with Gasteiger partial charge in [-0.1, -0.05) is 30.3 Å². The summed E-state index contributed by atoms with van der Waals surface area (Å²) in [5, 5.41) is 0. The molecule has 0 N–H and O–H groups in total. The van der Waals surface area contributed by atoms with Gasteiger partial charge in [-0.15, -0.1) is 0 Å². The predicted octanol–water partition coefficient (Wildman–Crippen LogP) is 2.65. The average molecular weight is 351 g/mol. The summed E-state index contributed by atoms with van der Waals surface area (Å²) in [6.07, 6.45) is 1.62. The Morgan fingerprint density at radius 1 is 0.923 bits per heavy atom. The Hall–Kier alpha value is -2.69. The van der Waals surface area contributed by atoms with Gasteiger partial charge in [-0.2, -0.15) is 0 Å². The first-order chi connectivity index (χ1) is 12.4. The summed E-state index contributed by atoms with van der Waals surface area (Å²) < 4.78 is 0. The van der Waals surface area contributed by atoms with Crippen LogP contribution in [0.25, 0.3) is 0 Å². The van der Waals surface area contributed by atoms with Crippen molar-refractivity contribution in [2.24, 2.45) is 0 Å². The van der Waals surface area contributed by atoms with Crippen LogP contribution in [0.15, 0.2) is 48.7 Å². The lowest BCUT2D eigenvalue weighted by Crippen LogP contribution is -2.54. The van der Waals surface area contributed by atoms with E-state index in [1.807, 2.05) is 62.1 Å². The van der Waals surface area contributed by atoms with Crippen molar-refractivity contribution in [1.29, 1.82) is 0 Å². The fourth-order valence-corrected chi connectivity index (χ4v) is 3.26. The second-order valence-corrected chi connectivity index (χ2v) is 7.26. The number of benzene rings is 1. The summed E-state index contributed by atoms with van der Waals surface area (Å²) in [7, 11) is 0. The van der Waals surface area contributed by atoms with Crippen LogP contribution in [0.5, 0.6) is 0 Å². The van der Waals surface area contributed by atoms with Gasteiger partial charge in [-0.3, -0.25) is 14.6 Å². The van der Waals surface area contributed by atoms with Crippen LogP contribution in [0, 0.1) is 6.92 Å². The number of aromatic nitrogens is 1. The van der Waals surface area contributed by atoms with Gasteiger partial charge < -0.3 is 9.80 Å². The van der Waals surface area contributed by atoms with Crippen molar-refractivity contribution >= 4 is 11.8 Å². The van der Waals surface area contributed by atoms with Crippen LogP contribution in [0.4, 0.5) is 0 Å². The second-order valence-electron chi connectivity index (χ2n) is 7.26. The standard InChI is InChI=1S/C21H25N3O2/c1-16-9-10-17(15-22-16)19(25)23-11-13-24(14-12-23)20(26)21(2,3)18-7-5-4-6-8-18/h4-10,15H,11-14H2,1-3H3. The maximum Gasteiger partial charge on any atom is 0.255 e. The molecule has 0 radical (unpaired) electrons. The highest BCUT2D eigenvalue weighted by Gasteiger charge is 2.35. The molecule has 0 saturated carbocycles. The van der Waals surface area contributed by atoms with Gasteiger partial charge >= 0.3 is 0 Å². The molecule has 0 aliphatic carbocycles. The number of nitrogens with zero attached hydrogens (tertiary/aromatic N) is 3. The molecule has 26 heavy (non-hydrogen) atoms. The van der Waals surface area contributed by atoms with Crippen molar-refractivity contribution in [3.8, 4) is 0 Å². The number of pyridine rings is 1. The van der Waals surface area contributed by atoms with Gasteiger partial charge in [0.05, 0.1) is 11.0 Å². The molecule has 2 aromatic rings. The highest BCUT2D eigenvalue weighted by atomic mass is 16.2. The van der Waals surface area contributed by atoms with Crippen molar-refractivity contribution in [3.05, 3.63) is 65.5 Å². The van der Waals surface area contributed by atoms with Crippen LogP contribution in [0.3, 0.4) is 0 Å². The predicted molar refractivity (Wildman–Crippen MR) is 101 cm³/mol. The quantitative estimate of drug-likeness (QED) is 0.854. The lowest BCUT2D eigenvalue weighted by atomic mass is 9.83. The lowest BCUT2D eigenvalue weighted by Gasteiger charge is -2.38. The average Bonchev–Trinajstić information content (AvgIpc) is 2.68. The minimum atomic E-state index is -0.575. The number of hydrogen-bond donors (Lipinski definition) is 0. The topological polar surface area (TPSA) is 53.5 Å². The van der Waals surface area contributed by atoms with E-state index in [2.05, 4.69) is 4.98 Å². The Bertz CT molecular complexity index is 777. The number of rotatable bonds is 3. The molecule has 2 heterocycles. The highest BCUT2D eigenvalue weighted by molar-refractivity contribution is 5.94. The van der Waals surface area contributed by atoms with Crippen molar-refractivity contribution in [3.63, 3.8) is 0 Å². The summed E-state index contributed by atoms with van der Waals surface area (Å²) in [6.45, 7) is 8.01. The third kappa shape index (κ3) is 3.62. The maximum atomic E-state index is 13.0. The fourth-order valence-electron chi connectivity index (χ4n) is 3.26. The molecule has 0 atom stereocenters. The molecule has 2 amide bonds. The van der Waals surface area contributed by atoms with Gasteiger partial charge in [0.1, 0.15) is 0 Å². The maximum absolute atomic E-state index is 13.0. The molecule has 1 aliphatic rings. The van der Waals surface area contributed by atoms with Gasteiger partial charge in [0.15, 0.2) is 0 Å². The van der Waals surface area contributed by atoms with E-state index < -0.39 is 5.41 Å². The van der Waals surface area contributed by atoms with Gasteiger partial charge in [0.25, 0.3) is 5.91 Å². The Labute approximate surface area is 154 Å². The number of carbonyl (C=O) groups is 2. The smallest absolute Gasteiger partial charge is 0.255 e. The first kappa shape index (κ1) is 18.1. The summed E-state index contributed by atoms with van der Waals surface area (Å²) in [5.41, 5.74) is 1.92. The molecular formula is C21H25N3O2. The second kappa shape index (κ2) is 7.28. The molecule has 0 spiro atoms. The van der Waals surface area contributed by atoms with Gasteiger partial charge in [-0.25, -0.2) is 0 Å². The van der Waals surface area contributed by atoms with Gasteiger partial charge in [0.2, 0.25) is 5.91 Å². The van der Waals surface area contributed by atoms with Crippen LogP contribution in [0.1, 0.15) is 35.5 Å². The summed E-state index contributed by atoms with van der Waals surface area (Å²) in [4.78, 5) is 33.5. The molecule has 0 unspecified atom stereocenters. The molecule has 5 nitrogen and oxygen atoms in total. The third-order valence-corrected chi connectivity index (χ3v) is 5.04. The molecule has 1 saturated heterocycles. The van der Waals surface area contributed by atoms with Crippen LogP contribution in [-0.4, -0.2) is 52.8 Å². The zero-order chi connectivity index (χ0) is 18.7. The molecule has 0 bridgehead atoms. The normalized spacial score (nSPS) is 15.0. The largest absolute Gasteiger partial charge is 0.338 e. The SMILES string of the molecule is Cc1ccc(C(=O)N2CCN(C(=O)C(C)(C)c3ccccc3)CC2)cn1. The van der Waals surface area contributed by atoms with Crippen LogP contribution < -0.4 is 0 Å². The van der Waals surface area contributed by atoms with Crippen molar-refractivity contribution in [2.75, 3.05) is 26.2 Å². The van der Waals surface area contributed by atoms with E-state index >= 15 is 0 Å². The molecule has 136 valence electrons. The van der Waals surface area contributed by atoms with E-state index in [0.29, 0.717) is 31.7 Å². The zero-order valence-electron chi connectivity index (χ0n) is 15.6. The minimum absolute atomic E-state index is 0.0214. The van der Waals surface area contributed by atoms with Crippen LogP contribution in [0.2, 0.25) is 0 Å². The fraction of sp³-hybridized carbons (Fsp3) is 0.381. The van der Waals surface area contributed by atoms with Gasteiger partial charge in [-0.05, 0) is 38.5 Å². The minimum Gasteiger partial charge on any atom is -0.338 e. The third-order valence-electron chi connectivity index (χ3n) is 5.04. The number of carbonyl (C=O) groups excluding carboxylic acids is 2. The van der Waals surface area contributed by atoms with Crippen molar-refractivity contribution in [1.82, 2.24) is 14.8 Å². The van der Waals surface area contributed by atoms with Crippen molar-refractivity contribution < 1.29 is 9.59 Å². The Morgan fingerprint density at radius 2 is 1.54 bits per heavy atom. The first-order valence-electron chi connectivity index (χ1n) is 8.96. The number of piperazine rings is 1. The zero-order valence-corrected chi connectivity index (χ0v) is 15.6. The highest BCUT2D eigenvalue weighted by Crippen LogP contribution is 2.26. The lowest BCUT2D eigenvalue weighted by molar-refractivity contribution is -0.137. The Morgan fingerprint density at radius 3 is 2.12 bits per heavy atom. The summed E-state index contributed by atoms with van der Waals surface area (Å²) in [5.74, 6) is 0.0831. The van der Waals surface area contributed by atoms with Gasteiger partial charge in [0, 0.05) is 38.1 Å².